The summed E-state index contributed by atoms with van der Waals surface area (Å²) in [5.41, 5.74) is 0. The van der Waals surface area contributed by atoms with Crippen LogP contribution in [0.2, 0.25) is 0 Å². The molecule has 1 aromatic heterocycles. The number of fused-ring (bicyclic) bond motifs is 3. The van der Waals surface area contributed by atoms with Gasteiger partial charge in [-0.3, -0.25) is 19.7 Å². The number of hydrogen-bond donors (Lipinski definition) is 1. The summed E-state index contributed by atoms with van der Waals surface area (Å²) < 4.78 is 23.5. The number of aromatic nitrogens is 2. The number of nitrogens with zero attached hydrogens (tertiary/aromatic N) is 2. The third-order valence-electron chi connectivity index (χ3n) is 3.69. The van der Waals surface area contributed by atoms with Gasteiger partial charge in [0.15, 0.2) is 6.10 Å². The Hall–Kier alpha value is -2.75. The van der Waals surface area contributed by atoms with Gasteiger partial charge in [-0.05, 0) is 0 Å². The maximum absolute atomic E-state index is 11.4. The van der Waals surface area contributed by atoms with Crippen LogP contribution < -0.4 is 14.6 Å². The van der Waals surface area contributed by atoms with Crippen LogP contribution in [0.3, 0.4) is 0 Å². The Labute approximate surface area is 143 Å². The minimum atomic E-state index is -0.757. The lowest BCUT2D eigenvalue weighted by atomic mass is 10.1. The minimum absolute atomic E-state index is 0.0586. The van der Waals surface area contributed by atoms with Gasteiger partial charge in [0.25, 0.3) is 5.82 Å². The molecule has 0 aromatic carbocycles. The van der Waals surface area contributed by atoms with Crippen LogP contribution in [-0.2, 0) is 28.6 Å². The van der Waals surface area contributed by atoms with Crippen molar-refractivity contribution in [3.8, 4) is 6.01 Å². The van der Waals surface area contributed by atoms with Crippen LogP contribution in [0.25, 0.3) is 0 Å². The van der Waals surface area contributed by atoms with Crippen molar-refractivity contribution in [2.75, 3.05) is 11.9 Å². The summed E-state index contributed by atoms with van der Waals surface area (Å²) >= 11 is 0. The van der Waals surface area contributed by atoms with E-state index in [-0.39, 0.29) is 18.5 Å². The fourth-order valence-corrected chi connectivity index (χ4v) is 2.79. The molecule has 1 fully saturated rings. The molecule has 0 aliphatic carbocycles. The van der Waals surface area contributed by atoms with Crippen LogP contribution >= 0.6 is 0 Å². The average molecular weight is 352 g/mol. The zero-order valence-electron chi connectivity index (χ0n) is 13.9. The van der Waals surface area contributed by atoms with Crippen molar-refractivity contribution in [1.82, 2.24) is 4.98 Å². The molecular weight excluding hydrogens is 334 g/mol. The van der Waals surface area contributed by atoms with E-state index in [1.54, 1.807) is 16.8 Å². The number of anilines is 1. The molecule has 0 bridgehead atoms. The smallest absolute Gasteiger partial charge is 0.463 e. The normalized spacial score (nSPS) is 26.2. The highest BCUT2D eigenvalue weighted by Gasteiger charge is 2.58. The van der Waals surface area contributed by atoms with Gasteiger partial charge in [-0.15, -0.1) is 0 Å². The highest BCUT2D eigenvalue weighted by atomic mass is 16.7. The third-order valence-corrected chi connectivity index (χ3v) is 3.69. The molecule has 0 spiro atoms. The molecule has 1 saturated heterocycles. The van der Waals surface area contributed by atoms with Crippen molar-refractivity contribution in [2.45, 2.75) is 45.3 Å². The van der Waals surface area contributed by atoms with Crippen LogP contribution in [-0.4, -0.2) is 47.7 Å². The molecule has 3 heterocycles. The Kier molecular flexibility index (Phi) is 4.53. The molecule has 1 amide bonds. The molecule has 2 aliphatic heterocycles. The first-order valence-corrected chi connectivity index (χ1v) is 7.67. The van der Waals surface area contributed by atoms with Gasteiger partial charge in [0, 0.05) is 31.8 Å². The topological polar surface area (TPSA) is 117 Å². The molecular formula is C15H18N3O7+. The van der Waals surface area contributed by atoms with Crippen molar-refractivity contribution >= 4 is 23.7 Å². The van der Waals surface area contributed by atoms with Crippen molar-refractivity contribution in [2.24, 2.45) is 0 Å². The van der Waals surface area contributed by atoms with Gasteiger partial charge in [-0.2, -0.15) is 4.57 Å². The van der Waals surface area contributed by atoms with E-state index in [2.05, 4.69) is 10.3 Å². The van der Waals surface area contributed by atoms with Crippen molar-refractivity contribution < 1.29 is 37.9 Å². The lowest BCUT2D eigenvalue weighted by molar-refractivity contribution is -0.746. The second kappa shape index (κ2) is 6.63. The largest absolute Gasteiger partial charge is 0.503 e. The first-order valence-electron chi connectivity index (χ1n) is 7.67. The maximum Gasteiger partial charge on any atom is 0.503 e. The molecule has 2 aliphatic rings. The lowest BCUT2D eigenvalue weighted by Crippen LogP contribution is -2.40. The third kappa shape index (κ3) is 3.53. The molecule has 1 unspecified atom stereocenters. The summed E-state index contributed by atoms with van der Waals surface area (Å²) in [4.78, 5) is 37.8. The zero-order chi connectivity index (χ0) is 18.1. The second-order valence-electron chi connectivity index (χ2n) is 5.71. The van der Waals surface area contributed by atoms with Crippen LogP contribution in [0.15, 0.2) is 12.3 Å². The molecule has 1 N–H and O–H groups in total. The molecule has 0 radical (unpaired) electrons. The summed E-state index contributed by atoms with van der Waals surface area (Å²) in [7, 11) is 0. The SMILES string of the molecule is CC(=O)Nc1cc[n+]2c(n1)OC1[C@H]2O[C@H](COC(C)=O)[C@H]1OC(C)=O. The number of esters is 2. The predicted molar refractivity (Wildman–Crippen MR) is 79.2 cm³/mol. The molecule has 134 valence electrons. The Morgan fingerprint density at radius 1 is 1.28 bits per heavy atom. The fourth-order valence-electron chi connectivity index (χ4n) is 2.79. The van der Waals surface area contributed by atoms with E-state index >= 15 is 0 Å². The standard InChI is InChI=1S/C15H17N3O7/c1-7(19)16-11-4-5-18-14-13(25-15(18)17-11)12(23-9(3)21)10(24-14)6-22-8(2)20/h4-5,10,12-14H,6H2,1-3H3/p+1/t10-,12-,13?,14-/m1/s1. The molecule has 10 nitrogen and oxygen atoms in total. The van der Waals surface area contributed by atoms with Gasteiger partial charge in [0.05, 0.1) is 0 Å². The summed E-state index contributed by atoms with van der Waals surface area (Å²) in [5.74, 6) is -0.887. The summed E-state index contributed by atoms with van der Waals surface area (Å²) in [6.07, 6.45) is -0.980. The van der Waals surface area contributed by atoms with E-state index in [1.807, 2.05) is 0 Å². The van der Waals surface area contributed by atoms with Crippen molar-refractivity contribution in [3.63, 3.8) is 0 Å². The average Bonchev–Trinajstić information content (AvgIpc) is 3.00. The number of hydrogen-bond acceptors (Lipinski definition) is 8. The van der Waals surface area contributed by atoms with Crippen LogP contribution in [0.4, 0.5) is 5.82 Å². The molecule has 25 heavy (non-hydrogen) atoms. The van der Waals surface area contributed by atoms with E-state index in [1.165, 1.54) is 20.8 Å². The molecule has 4 atom stereocenters. The highest BCUT2D eigenvalue weighted by Crippen LogP contribution is 2.36. The maximum atomic E-state index is 11.4. The fraction of sp³-hybridized carbons (Fsp3) is 0.533. The number of ether oxygens (including phenoxy) is 4. The van der Waals surface area contributed by atoms with Gasteiger partial charge in [0.2, 0.25) is 18.2 Å². The molecule has 1 aromatic rings. The summed E-state index contributed by atoms with van der Waals surface area (Å²) in [6.45, 7) is 3.87. The van der Waals surface area contributed by atoms with Crippen molar-refractivity contribution in [3.05, 3.63) is 12.3 Å². The number of carbonyl (C=O) groups excluding carboxylic acids is 3. The van der Waals surface area contributed by atoms with Crippen molar-refractivity contribution in [1.29, 1.82) is 0 Å². The highest BCUT2D eigenvalue weighted by molar-refractivity contribution is 5.87. The number of amides is 1. The Bertz CT molecular complexity index is 723. The van der Waals surface area contributed by atoms with Gasteiger partial charge in [-0.25, -0.2) is 0 Å². The Morgan fingerprint density at radius 3 is 2.68 bits per heavy atom. The van der Waals surface area contributed by atoms with Gasteiger partial charge < -0.3 is 18.9 Å². The van der Waals surface area contributed by atoms with Crippen LogP contribution in [0.1, 0.15) is 27.0 Å². The second-order valence-corrected chi connectivity index (χ2v) is 5.71. The van der Waals surface area contributed by atoms with Gasteiger partial charge in [-0.1, -0.05) is 0 Å². The first-order chi connectivity index (χ1) is 11.8. The van der Waals surface area contributed by atoms with Crippen LogP contribution in [0.5, 0.6) is 6.01 Å². The van der Waals surface area contributed by atoms with Gasteiger partial charge >= 0.3 is 17.9 Å². The summed E-state index contributed by atoms with van der Waals surface area (Å²) in [5, 5.41) is 2.56. The molecule has 3 rings (SSSR count). The van der Waals surface area contributed by atoms with Gasteiger partial charge in [0.1, 0.15) is 18.9 Å². The predicted octanol–water partition coefficient (Wildman–Crippen LogP) is -0.519. The van der Waals surface area contributed by atoms with E-state index < -0.39 is 36.5 Å². The quantitative estimate of drug-likeness (QED) is 0.568. The Morgan fingerprint density at radius 2 is 2.04 bits per heavy atom. The first kappa shape index (κ1) is 17.1. The zero-order valence-corrected chi connectivity index (χ0v) is 13.9. The molecule has 0 saturated carbocycles. The number of nitrogens with one attached hydrogen (secondary N) is 1. The minimum Gasteiger partial charge on any atom is -0.463 e. The molecule has 10 heteroatoms. The van der Waals surface area contributed by atoms with E-state index in [0.717, 1.165) is 0 Å². The van der Waals surface area contributed by atoms with E-state index in [0.29, 0.717) is 5.82 Å². The Balaban J connectivity index is 1.81. The summed E-state index contributed by atoms with van der Waals surface area (Å²) in [6, 6.07) is 1.82. The lowest BCUT2D eigenvalue weighted by Gasteiger charge is -2.19. The van der Waals surface area contributed by atoms with E-state index in [9.17, 15) is 14.4 Å². The number of rotatable bonds is 4. The number of carbonyl (C=O) groups is 3. The monoisotopic (exact) mass is 352 g/mol. The van der Waals surface area contributed by atoms with Crippen LogP contribution in [0, 0.1) is 0 Å². The van der Waals surface area contributed by atoms with E-state index in [4.69, 9.17) is 18.9 Å².